The van der Waals surface area contributed by atoms with Crippen LogP contribution in [-0.4, -0.2) is 58.5 Å². The van der Waals surface area contributed by atoms with Crippen LogP contribution in [0.15, 0.2) is 41.7 Å². The van der Waals surface area contributed by atoms with Gasteiger partial charge in [0.1, 0.15) is 28.9 Å². The van der Waals surface area contributed by atoms with Crippen molar-refractivity contribution in [2.24, 2.45) is 18.4 Å². The monoisotopic (exact) mass is 596 g/mol. The Hall–Kier alpha value is -3.55. The number of amides is 1. The van der Waals surface area contributed by atoms with E-state index in [-0.39, 0.29) is 27.7 Å². The molecule has 10 nitrogen and oxygen atoms in total. The maximum atomic E-state index is 13.4. The van der Waals surface area contributed by atoms with Gasteiger partial charge in [-0.25, -0.2) is 18.1 Å². The Kier molecular flexibility index (Phi) is 7.69. The number of hydrogen-bond acceptors (Lipinski definition) is 7. The summed E-state index contributed by atoms with van der Waals surface area (Å²) in [5.41, 5.74) is -1.98. The molecule has 4 rings (SSSR count). The number of alkyl halides is 3. The Morgan fingerprint density at radius 2 is 1.90 bits per heavy atom. The lowest BCUT2D eigenvalue weighted by Gasteiger charge is -2.34. The largest absolute Gasteiger partial charge is 0.491 e. The lowest BCUT2D eigenvalue weighted by atomic mass is 9.94. The molecular weight excluding hydrogens is 561 g/mol. The molecule has 1 N–H and O–H groups in total. The molecule has 0 aromatic carbocycles. The molecule has 1 aliphatic heterocycles. The first-order valence-corrected chi connectivity index (χ1v) is 14.5. The molecule has 0 spiro atoms. The van der Waals surface area contributed by atoms with Crippen molar-refractivity contribution in [3.63, 3.8) is 0 Å². The Labute approximate surface area is 237 Å². The molecule has 224 valence electrons. The molecular formula is C27H35F3N6O4S. The number of nitrogens with one attached hydrogen (secondary N) is 1. The quantitative estimate of drug-likeness (QED) is 0.404. The Bertz CT molecular complexity index is 1560. The van der Waals surface area contributed by atoms with Crippen LogP contribution in [0.2, 0.25) is 0 Å². The number of sulfonamides is 1. The molecule has 1 atom stereocenters. The van der Waals surface area contributed by atoms with E-state index < -0.39 is 34.1 Å². The summed E-state index contributed by atoms with van der Waals surface area (Å²) in [5, 5.41) is 3.95. The first-order valence-electron chi connectivity index (χ1n) is 13.0. The zero-order valence-electron chi connectivity index (χ0n) is 24.1. The van der Waals surface area contributed by atoms with E-state index in [4.69, 9.17) is 9.72 Å². The number of aryl methyl sites for hydroxylation is 1. The van der Waals surface area contributed by atoms with Gasteiger partial charge in [0, 0.05) is 25.3 Å². The van der Waals surface area contributed by atoms with Crippen molar-refractivity contribution < 1.29 is 31.1 Å². The van der Waals surface area contributed by atoms with Crippen LogP contribution in [0.1, 0.15) is 57.1 Å². The van der Waals surface area contributed by atoms with Gasteiger partial charge in [0.05, 0.1) is 29.1 Å². The minimum Gasteiger partial charge on any atom is -0.491 e. The number of ether oxygens (including phenoxy) is 1. The van der Waals surface area contributed by atoms with Crippen LogP contribution in [0, 0.1) is 18.3 Å². The highest BCUT2D eigenvalue weighted by Crippen LogP contribution is 2.39. The van der Waals surface area contributed by atoms with Gasteiger partial charge < -0.3 is 14.2 Å². The molecule has 3 aromatic heterocycles. The molecule has 14 heteroatoms. The average Bonchev–Trinajstić information content (AvgIpc) is 3.53. The normalized spacial score (nSPS) is 17.6. The fraction of sp³-hybridized carbons (Fsp3) is 0.519. The van der Waals surface area contributed by atoms with Crippen molar-refractivity contribution in [1.82, 2.24) is 24.1 Å². The van der Waals surface area contributed by atoms with Gasteiger partial charge in [-0.3, -0.25) is 9.48 Å². The summed E-state index contributed by atoms with van der Waals surface area (Å²) < 4.78 is 76.3. The summed E-state index contributed by atoms with van der Waals surface area (Å²) >= 11 is 0. The van der Waals surface area contributed by atoms with Crippen molar-refractivity contribution in [2.75, 3.05) is 18.1 Å². The zero-order valence-corrected chi connectivity index (χ0v) is 24.9. The van der Waals surface area contributed by atoms with Crippen LogP contribution in [0.3, 0.4) is 0 Å². The van der Waals surface area contributed by atoms with Crippen molar-refractivity contribution in [3.05, 3.63) is 48.0 Å². The van der Waals surface area contributed by atoms with Gasteiger partial charge in [0.15, 0.2) is 0 Å². The van der Waals surface area contributed by atoms with Gasteiger partial charge in [-0.05, 0) is 65.2 Å². The molecule has 41 heavy (non-hydrogen) atoms. The maximum absolute atomic E-state index is 13.4. The Balaban J connectivity index is 1.68. The first-order chi connectivity index (χ1) is 18.8. The summed E-state index contributed by atoms with van der Waals surface area (Å²) in [4.78, 5) is 20.0. The van der Waals surface area contributed by atoms with Gasteiger partial charge in [-0.15, -0.1) is 0 Å². The zero-order chi connectivity index (χ0) is 30.5. The molecule has 1 saturated heterocycles. The third kappa shape index (κ3) is 6.07. The van der Waals surface area contributed by atoms with Gasteiger partial charge in [0.25, 0.3) is 15.9 Å². The van der Waals surface area contributed by atoms with Crippen molar-refractivity contribution >= 4 is 21.7 Å². The number of anilines is 1. The topological polar surface area (TPSA) is 111 Å². The Morgan fingerprint density at radius 1 is 1.22 bits per heavy atom. The molecule has 0 unspecified atom stereocenters. The third-order valence-electron chi connectivity index (χ3n) is 7.44. The van der Waals surface area contributed by atoms with Gasteiger partial charge >= 0.3 is 6.18 Å². The number of aromatic nitrogens is 4. The number of carbonyl (C=O) groups is 1. The SMILES string of the molecule is Cc1c(S(=O)(=O)NC(=O)c2ccc(-n3ccc(OCC(C)(C)C(F)(F)F)c3)nc2N2C[C@@H](C)CC2(C)C)cnn1C. The van der Waals surface area contributed by atoms with E-state index in [0.717, 1.165) is 20.3 Å². The number of hydrogen-bond donors (Lipinski definition) is 1. The highest BCUT2D eigenvalue weighted by molar-refractivity contribution is 7.90. The summed E-state index contributed by atoms with van der Waals surface area (Å²) in [6.45, 7) is 9.86. The van der Waals surface area contributed by atoms with Crippen LogP contribution in [0.5, 0.6) is 5.75 Å². The third-order valence-corrected chi connectivity index (χ3v) is 8.87. The summed E-state index contributed by atoms with van der Waals surface area (Å²) in [6.07, 6.45) is 0.676. The fourth-order valence-electron chi connectivity index (χ4n) is 4.85. The highest BCUT2D eigenvalue weighted by atomic mass is 32.2. The van der Waals surface area contributed by atoms with Crippen LogP contribution < -0.4 is 14.4 Å². The van der Waals surface area contributed by atoms with E-state index in [2.05, 4.69) is 16.7 Å². The standard InChI is InChI=1S/C27H35F3N6O4S/c1-17-12-26(5,6)36(14-17)23-20(24(37)33-41(38,39)21-13-31-34(7)18(21)2)8-9-22(32-23)35-11-10-19(15-35)40-16-25(3,4)27(28,29)30/h8-11,13,15,17H,12,14,16H2,1-7H3,(H,33,37)/t17-/m0/s1. The number of nitrogens with zero attached hydrogens (tertiary/aromatic N) is 5. The fourth-order valence-corrected chi connectivity index (χ4v) is 6.02. The number of halogens is 3. The summed E-state index contributed by atoms with van der Waals surface area (Å²) in [6, 6.07) is 4.56. The lowest BCUT2D eigenvalue weighted by Crippen LogP contribution is -2.41. The molecule has 0 saturated carbocycles. The minimum absolute atomic E-state index is 0.0663. The summed E-state index contributed by atoms with van der Waals surface area (Å²) in [7, 11) is -2.62. The van der Waals surface area contributed by atoms with Crippen LogP contribution in [0.25, 0.3) is 5.82 Å². The van der Waals surface area contributed by atoms with E-state index in [1.807, 2.05) is 18.7 Å². The second kappa shape index (κ2) is 10.4. The van der Waals surface area contributed by atoms with Crippen LogP contribution >= 0.6 is 0 Å². The van der Waals surface area contributed by atoms with E-state index >= 15 is 0 Å². The smallest absolute Gasteiger partial charge is 0.397 e. The van der Waals surface area contributed by atoms with Gasteiger partial charge in [-0.1, -0.05) is 6.92 Å². The molecule has 4 heterocycles. The molecule has 0 radical (unpaired) electrons. The molecule has 1 amide bonds. The lowest BCUT2D eigenvalue weighted by molar-refractivity contribution is -0.219. The van der Waals surface area contributed by atoms with Crippen molar-refractivity contribution in [2.45, 2.75) is 64.6 Å². The number of carbonyl (C=O) groups excluding carboxylic acids is 1. The highest BCUT2D eigenvalue weighted by Gasteiger charge is 2.48. The first kappa shape index (κ1) is 30.4. The predicted molar refractivity (Wildman–Crippen MR) is 147 cm³/mol. The Morgan fingerprint density at radius 3 is 2.46 bits per heavy atom. The van der Waals surface area contributed by atoms with E-state index in [1.165, 1.54) is 35.3 Å². The minimum atomic E-state index is -4.43. The second-order valence-corrected chi connectivity index (χ2v) is 13.5. The average molecular weight is 597 g/mol. The summed E-state index contributed by atoms with van der Waals surface area (Å²) in [5.74, 6) is 0.338. The van der Waals surface area contributed by atoms with Crippen molar-refractivity contribution in [3.8, 4) is 11.6 Å². The van der Waals surface area contributed by atoms with E-state index in [9.17, 15) is 26.4 Å². The second-order valence-electron chi connectivity index (χ2n) is 11.9. The molecule has 0 aliphatic carbocycles. The molecule has 1 fully saturated rings. The predicted octanol–water partition coefficient (Wildman–Crippen LogP) is 4.63. The van der Waals surface area contributed by atoms with Gasteiger partial charge in [-0.2, -0.15) is 18.3 Å². The number of pyridine rings is 1. The van der Waals surface area contributed by atoms with E-state index in [1.54, 1.807) is 24.7 Å². The molecule has 0 bridgehead atoms. The van der Waals surface area contributed by atoms with Crippen LogP contribution in [-0.2, 0) is 17.1 Å². The molecule has 3 aromatic rings. The van der Waals surface area contributed by atoms with Crippen LogP contribution in [0.4, 0.5) is 19.0 Å². The molecule has 1 aliphatic rings. The maximum Gasteiger partial charge on any atom is 0.397 e. The van der Waals surface area contributed by atoms with Gasteiger partial charge in [0.2, 0.25) is 0 Å². The van der Waals surface area contributed by atoms with E-state index in [0.29, 0.717) is 23.9 Å². The van der Waals surface area contributed by atoms with Crippen molar-refractivity contribution in [1.29, 1.82) is 0 Å². The number of rotatable bonds is 8.